The standard InChI is InChI=1S/C10H22.C9H20OS.C9H20O.C9H20S.C9H20.C8H16O.C7H16O2S.C7H16.C6H14O2S.C6H14OS.C6H14O.C6H14S.CH4/c1-8(2)7-10(5,6)9(3)4;1-7(2)10-9(5,6)11-8(3)4;2*1-7(2)9(5,6)10-8(3)4;1-7(2)9(5,6)8(3)4;1-6(2)5-8(9)7(3)4;1-6(2)5-10(8,9)7(3)4;1-6(2)5-7(3)4;1-5(2)9(7,8)6(3)4;1-5(2)8(7)6(3)4;2*1-5(2)7-6(3)4;/h8-9H,7H2,1-6H3;7-8H,1-6H3;2*7-8H,1-6H3;7-8H,1-6H3;6-7H,5H2,1-4H3;6-7H,5H2,1-4H3;6-7H,5H2,1-4H3;5-6H,1-4H3;5-6H,1-4H3;2*5-6H,1-4H3;1H4. The highest BCUT2D eigenvalue weighted by atomic mass is 32.2. The second-order valence-electron chi connectivity index (χ2n) is 39.5. The Bertz CT molecular complexity index is 2030. The summed E-state index contributed by atoms with van der Waals surface area (Å²) in [4.78, 5) is 10.9. The molecule has 9 nitrogen and oxygen atoms in total. The van der Waals surface area contributed by atoms with Crippen molar-refractivity contribution in [1.82, 2.24) is 0 Å². The quantitative estimate of drug-likeness (QED) is 0.0613. The van der Waals surface area contributed by atoms with Crippen LogP contribution in [0.25, 0.3) is 0 Å². The fraction of sp³-hybridized carbons (Fsp3) is 0.989. The Morgan fingerprint density at radius 2 is 0.694 bits per heavy atom. The molecule has 0 radical (unpaired) electrons. The molecule has 15 heteroatoms. The van der Waals surface area contributed by atoms with Gasteiger partial charge in [0, 0.05) is 43.6 Å². The van der Waals surface area contributed by atoms with Crippen molar-refractivity contribution >= 4 is 71.5 Å². The Balaban J connectivity index is -0.0000000830. The van der Waals surface area contributed by atoms with E-state index in [1.54, 1.807) is 41.5 Å². The maximum Gasteiger partial charge on any atom is 0.154 e. The van der Waals surface area contributed by atoms with Crippen LogP contribution in [0.1, 0.15) is 428 Å². The van der Waals surface area contributed by atoms with E-state index in [0.717, 1.165) is 63.6 Å². The largest absolute Gasteiger partial charge is 0.376 e. The van der Waals surface area contributed by atoms with Gasteiger partial charge in [-0.15, -0.1) is 11.8 Å². The van der Waals surface area contributed by atoms with E-state index in [0.29, 0.717) is 79.1 Å². The molecule has 108 heavy (non-hydrogen) atoms. The highest BCUT2D eigenvalue weighted by molar-refractivity contribution is 8.01. The lowest BCUT2D eigenvalue weighted by Crippen LogP contribution is -2.33. The highest BCUT2D eigenvalue weighted by Gasteiger charge is 2.28. The average Bonchev–Trinajstić information content (AvgIpc) is 0.852. The molecule has 0 saturated carbocycles. The van der Waals surface area contributed by atoms with Crippen molar-refractivity contribution in [1.29, 1.82) is 0 Å². The second kappa shape index (κ2) is 71.7. The SMILES string of the molecule is C.CC(C)C(C)(C)C(C)C.CC(C)CC(=O)C(C)C.CC(C)CC(C)(C)C(C)C.CC(C)CC(C)C.CC(C)CS(=O)(=O)C(C)C.CC(C)OC(C)(C)C(C)C.CC(C)OC(C)(C)SC(C)C.CC(C)OC(C)C.CC(C)S(=O)(=O)C(C)C.CC(C)S(=O)C(C)C.CC(C)SC(C)(C)C(C)C.CC(C)SC(C)C. The van der Waals surface area contributed by atoms with Crippen molar-refractivity contribution in [3.63, 3.8) is 0 Å². The van der Waals surface area contributed by atoms with E-state index in [4.69, 9.17) is 14.2 Å². The number of rotatable bonds is 31. The summed E-state index contributed by atoms with van der Waals surface area (Å²) in [7, 11) is -6.24. The van der Waals surface area contributed by atoms with Gasteiger partial charge in [-0.1, -0.05) is 284 Å². The summed E-state index contributed by atoms with van der Waals surface area (Å²) in [5.41, 5.74) is 1.04. The Hall–Kier alpha value is 0.650. The van der Waals surface area contributed by atoms with Crippen molar-refractivity contribution < 1.29 is 40.0 Å². The number of Topliss-reactive ketones (excluding diaryl/α,β-unsaturated/α-hetero) is 1. The van der Waals surface area contributed by atoms with Crippen molar-refractivity contribution in [3.05, 3.63) is 0 Å². The fourth-order valence-corrected chi connectivity index (χ4v) is 16.5. The van der Waals surface area contributed by atoms with Crippen molar-refractivity contribution in [2.24, 2.45) is 75.9 Å². The van der Waals surface area contributed by atoms with E-state index in [1.165, 1.54) is 12.8 Å². The van der Waals surface area contributed by atoms with Gasteiger partial charge in [0.1, 0.15) is 10.7 Å². The predicted molar refractivity (Wildman–Crippen MR) is 512 cm³/mol. The molecular weight excluding hydrogens is 1450 g/mol. The van der Waals surface area contributed by atoms with Gasteiger partial charge in [0.05, 0.1) is 51.5 Å². The van der Waals surface area contributed by atoms with Crippen molar-refractivity contribution in [2.75, 3.05) is 5.75 Å². The van der Waals surface area contributed by atoms with Gasteiger partial charge in [-0.3, -0.25) is 9.00 Å². The molecule has 0 N–H and O–H groups in total. The van der Waals surface area contributed by atoms with Gasteiger partial charge in [0.25, 0.3) is 0 Å². The molecule has 0 rings (SSSR count). The Morgan fingerprint density at radius 1 is 0.370 bits per heavy atom. The molecule has 0 aromatic rings. The number of carbonyl (C=O) groups is 1. The predicted octanol–water partition coefficient (Wildman–Crippen LogP) is 30.9. The first kappa shape index (κ1) is 138. The van der Waals surface area contributed by atoms with Crippen LogP contribution < -0.4 is 0 Å². The molecule has 0 aromatic heterocycles. The molecule has 0 aliphatic heterocycles. The maximum atomic E-state index is 11.1. The van der Waals surface area contributed by atoms with Crippen molar-refractivity contribution in [2.45, 2.75) is 515 Å². The second-order valence-corrected chi connectivity index (χ2v) is 54.3. The number of thioether (sulfide) groups is 3. The molecular formula is C93H210O9S6. The summed E-state index contributed by atoms with van der Waals surface area (Å²) in [6.07, 6.45) is 4.83. The third-order valence-corrected chi connectivity index (χ3v) is 28.0. The lowest BCUT2D eigenvalue weighted by atomic mass is 9.72. The number of hydrogen-bond acceptors (Lipinski definition) is 12. The van der Waals surface area contributed by atoms with E-state index < -0.39 is 30.5 Å². The van der Waals surface area contributed by atoms with Crippen LogP contribution in [0.5, 0.6) is 0 Å². The smallest absolute Gasteiger partial charge is 0.154 e. The van der Waals surface area contributed by atoms with Crippen LogP contribution in [0, 0.1) is 75.9 Å². The zero-order valence-electron chi connectivity index (χ0n) is 83.8. The number of ether oxygens (including phenoxy) is 3. The van der Waals surface area contributed by atoms with E-state index >= 15 is 0 Å². The van der Waals surface area contributed by atoms with Crippen LogP contribution >= 0.6 is 35.3 Å². The molecule has 0 aliphatic carbocycles. The van der Waals surface area contributed by atoms with Gasteiger partial charge >= 0.3 is 0 Å². The molecule has 0 fully saturated rings. The zero-order valence-corrected chi connectivity index (χ0v) is 88.7. The van der Waals surface area contributed by atoms with Crippen LogP contribution in [0.3, 0.4) is 0 Å². The lowest BCUT2D eigenvalue weighted by molar-refractivity contribution is -0.122. The molecule has 0 amide bonds. The van der Waals surface area contributed by atoms with Crippen LogP contribution in [0.2, 0.25) is 0 Å². The van der Waals surface area contributed by atoms with Crippen LogP contribution in [0.4, 0.5) is 0 Å². The Labute approximate surface area is 703 Å². The lowest BCUT2D eigenvalue weighted by Gasteiger charge is -2.33. The molecule has 0 saturated heterocycles. The van der Waals surface area contributed by atoms with Gasteiger partial charge in [-0.25, -0.2) is 16.8 Å². The Morgan fingerprint density at radius 3 is 0.769 bits per heavy atom. The van der Waals surface area contributed by atoms with E-state index in [1.807, 2.05) is 107 Å². The summed E-state index contributed by atoms with van der Waals surface area (Å²) >= 11 is 5.94. The topological polar surface area (TPSA) is 130 Å². The average molecular weight is 1670 g/mol. The van der Waals surface area contributed by atoms with Crippen LogP contribution in [0.15, 0.2) is 0 Å². The number of sulfone groups is 2. The van der Waals surface area contributed by atoms with Gasteiger partial charge in [0.2, 0.25) is 0 Å². The minimum atomic E-state index is -2.81. The summed E-state index contributed by atoms with van der Waals surface area (Å²) in [6.45, 7) is 123. The molecule has 0 aromatic carbocycles. The minimum Gasteiger partial charge on any atom is -0.376 e. The minimum absolute atomic E-state index is 0. The van der Waals surface area contributed by atoms with Gasteiger partial charge in [0.15, 0.2) is 19.7 Å². The summed E-state index contributed by atoms with van der Waals surface area (Å²) in [6, 6.07) is 0. The van der Waals surface area contributed by atoms with Gasteiger partial charge in [-0.05, 0) is 223 Å². The van der Waals surface area contributed by atoms with Crippen LogP contribution in [-0.4, -0.2) is 120 Å². The molecule has 0 unspecified atom stereocenters. The first-order chi connectivity index (χ1) is 47.0. The maximum absolute atomic E-state index is 11.1. The molecule has 0 aliphatic rings. The third-order valence-electron chi connectivity index (χ3n) is 17.2. The van der Waals surface area contributed by atoms with E-state index in [-0.39, 0.29) is 45.5 Å². The zero-order chi connectivity index (χ0) is 89.6. The number of hydrogen-bond donors (Lipinski definition) is 0. The monoisotopic (exact) mass is 1660 g/mol. The van der Waals surface area contributed by atoms with Gasteiger partial charge < -0.3 is 14.2 Å². The van der Waals surface area contributed by atoms with Crippen molar-refractivity contribution in [3.8, 4) is 0 Å². The third kappa shape index (κ3) is 105. The van der Waals surface area contributed by atoms with E-state index in [9.17, 15) is 25.8 Å². The summed E-state index contributed by atoms with van der Waals surface area (Å²) < 4.78 is 72.4. The first-order valence-electron chi connectivity index (χ1n) is 42.4. The fourth-order valence-electron chi connectivity index (χ4n) is 9.02. The van der Waals surface area contributed by atoms with Crippen LogP contribution in [-0.2, 0) is 49.5 Å². The molecule has 0 bridgehead atoms. The molecule has 0 heterocycles. The summed E-state index contributed by atoms with van der Waals surface area (Å²) in [5.74, 6) is 7.96. The first-order valence-corrected chi connectivity index (χ1v) is 49.7. The molecule has 0 spiro atoms. The molecule has 672 valence electrons. The number of ketones is 1. The Kier molecular flexibility index (Phi) is 91.4. The summed E-state index contributed by atoms with van der Waals surface area (Å²) in [5, 5.41) is 2.89. The normalized spacial score (nSPS) is 12.4. The highest BCUT2D eigenvalue weighted by Crippen LogP contribution is 2.36. The van der Waals surface area contributed by atoms with Gasteiger partial charge in [-0.2, -0.15) is 23.5 Å². The molecule has 0 atom stereocenters. The van der Waals surface area contributed by atoms with E-state index in [2.05, 4.69) is 289 Å². The number of carbonyl (C=O) groups excluding carboxylic acids is 1.